The van der Waals surface area contributed by atoms with Gasteiger partial charge in [0.05, 0.1) is 30.0 Å². The molecule has 23 heavy (non-hydrogen) atoms. The van der Waals surface area contributed by atoms with E-state index in [1.807, 2.05) is 16.9 Å². The molecule has 1 amide bonds. The number of hydrogen-bond donors (Lipinski definition) is 0. The minimum Gasteiger partial charge on any atom is -0.299 e. The summed E-state index contributed by atoms with van der Waals surface area (Å²) in [5, 5.41) is 8.42. The van der Waals surface area contributed by atoms with E-state index in [-0.39, 0.29) is 6.54 Å². The van der Waals surface area contributed by atoms with E-state index in [0.29, 0.717) is 23.0 Å². The number of benzene rings is 1. The summed E-state index contributed by atoms with van der Waals surface area (Å²) in [5.74, 6) is -0.932. The molecule has 4 rings (SSSR count). The van der Waals surface area contributed by atoms with Gasteiger partial charge in [0, 0.05) is 0 Å². The Hall–Kier alpha value is -2.50. The van der Waals surface area contributed by atoms with Crippen molar-refractivity contribution in [3.63, 3.8) is 0 Å². The smallest absolute Gasteiger partial charge is 0.299 e. The third-order valence-electron chi connectivity index (χ3n) is 4.71. The number of hydrogen-bond acceptors (Lipinski definition) is 4. The van der Waals surface area contributed by atoms with Crippen LogP contribution in [0.3, 0.4) is 0 Å². The van der Waals surface area contributed by atoms with Gasteiger partial charge in [0.25, 0.3) is 11.7 Å². The van der Waals surface area contributed by atoms with Crippen molar-refractivity contribution in [1.29, 1.82) is 0 Å². The highest BCUT2D eigenvalue weighted by Gasteiger charge is 2.35. The number of ketones is 1. The van der Waals surface area contributed by atoms with Crippen LogP contribution in [-0.4, -0.2) is 26.7 Å². The van der Waals surface area contributed by atoms with E-state index in [4.69, 9.17) is 0 Å². The highest BCUT2D eigenvalue weighted by Crippen LogP contribution is 2.30. The molecule has 0 N–H and O–H groups in total. The van der Waals surface area contributed by atoms with Gasteiger partial charge in [-0.2, -0.15) is 0 Å². The van der Waals surface area contributed by atoms with Crippen LogP contribution in [-0.2, 0) is 11.3 Å². The zero-order valence-electron chi connectivity index (χ0n) is 12.8. The van der Waals surface area contributed by atoms with Crippen molar-refractivity contribution >= 4 is 17.4 Å². The number of anilines is 1. The third kappa shape index (κ3) is 2.44. The fourth-order valence-corrected chi connectivity index (χ4v) is 3.48. The summed E-state index contributed by atoms with van der Waals surface area (Å²) in [6.45, 7) is 0.286. The molecule has 0 radical (unpaired) electrons. The fraction of sp³-hybridized carbons (Fsp3) is 0.412. The Morgan fingerprint density at radius 2 is 1.87 bits per heavy atom. The Morgan fingerprint density at radius 1 is 1.09 bits per heavy atom. The van der Waals surface area contributed by atoms with Crippen LogP contribution in [0.25, 0.3) is 0 Å². The van der Waals surface area contributed by atoms with Crippen molar-refractivity contribution in [2.24, 2.45) is 0 Å². The first kappa shape index (κ1) is 14.1. The van der Waals surface area contributed by atoms with Crippen molar-refractivity contribution in [2.75, 3.05) is 4.90 Å². The first-order valence-corrected chi connectivity index (χ1v) is 8.10. The van der Waals surface area contributed by atoms with E-state index >= 15 is 0 Å². The molecule has 2 aliphatic rings. The first-order chi connectivity index (χ1) is 11.2. The quantitative estimate of drug-likeness (QED) is 0.817. The number of Topliss-reactive ketones (excluding diaryl/α,β-unsaturated/α-hetero) is 1. The second-order valence-corrected chi connectivity index (χ2v) is 6.22. The Bertz CT molecular complexity index is 761. The molecule has 0 saturated heterocycles. The summed E-state index contributed by atoms with van der Waals surface area (Å²) in [5.41, 5.74) is 1.85. The molecule has 2 aromatic rings. The standard InChI is InChI=1S/C17H18N4O2/c22-16-14-8-4-5-9-15(14)20(17(16)23)10-12-11-21(19-18-12)13-6-2-1-3-7-13/h4-5,8-9,11,13H,1-3,6-7,10H2. The van der Waals surface area contributed by atoms with E-state index < -0.39 is 11.7 Å². The lowest BCUT2D eigenvalue weighted by molar-refractivity contribution is -0.114. The number of carbonyl (C=O) groups is 2. The van der Waals surface area contributed by atoms with Crippen LogP contribution in [0.15, 0.2) is 30.5 Å². The van der Waals surface area contributed by atoms with E-state index in [9.17, 15) is 9.59 Å². The second kappa shape index (κ2) is 5.61. The van der Waals surface area contributed by atoms with Crippen molar-refractivity contribution in [3.8, 4) is 0 Å². The van der Waals surface area contributed by atoms with Gasteiger partial charge in [-0.15, -0.1) is 5.10 Å². The van der Waals surface area contributed by atoms with E-state index in [0.717, 1.165) is 12.8 Å². The topological polar surface area (TPSA) is 68.1 Å². The maximum absolute atomic E-state index is 12.2. The second-order valence-electron chi connectivity index (χ2n) is 6.22. The number of carbonyl (C=O) groups excluding carboxylic acids is 2. The van der Waals surface area contributed by atoms with Crippen LogP contribution in [0.5, 0.6) is 0 Å². The molecule has 1 aromatic heterocycles. The molecule has 1 saturated carbocycles. The molecule has 0 bridgehead atoms. The minimum atomic E-state index is -0.488. The number of rotatable bonds is 3. The van der Waals surface area contributed by atoms with Gasteiger partial charge < -0.3 is 0 Å². The molecule has 1 aliphatic carbocycles. The lowest BCUT2D eigenvalue weighted by Crippen LogP contribution is -2.29. The minimum absolute atomic E-state index is 0.286. The number of nitrogens with zero attached hydrogens (tertiary/aromatic N) is 4. The van der Waals surface area contributed by atoms with Crippen molar-refractivity contribution in [1.82, 2.24) is 15.0 Å². The number of para-hydroxylation sites is 1. The number of amides is 1. The highest BCUT2D eigenvalue weighted by atomic mass is 16.2. The summed E-state index contributed by atoms with van der Waals surface area (Å²) < 4.78 is 1.92. The number of aromatic nitrogens is 3. The van der Waals surface area contributed by atoms with Gasteiger partial charge in [-0.3, -0.25) is 14.5 Å². The van der Waals surface area contributed by atoms with Crippen LogP contribution in [0, 0.1) is 0 Å². The zero-order chi connectivity index (χ0) is 15.8. The molecule has 1 fully saturated rings. The molecular formula is C17H18N4O2. The summed E-state index contributed by atoms with van der Waals surface area (Å²) >= 11 is 0. The van der Waals surface area contributed by atoms with Crippen molar-refractivity contribution in [3.05, 3.63) is 41.7 Å². The molecule has 6 heteroatoms. The van der Waals surface area contributed by atoms with E-state index in [2.05, 4.69) is 10.3 Å². The van der Waals surface area contributed by atoms with Crippen LogP contribution in [0.2, 0.25) is 0 Å². The van der Waals surface area contributed by atoms with Gasteiger partial charge in [-0.25, -0.2) is 4.68 Å². The van der Waals surface area contributed by atoms with Crippen molar-refractivity contribution in [2.45, 2.75) is 44.7 Å². The van der Waals surface area contributed by atoms with Crippen LogP contribution < -0.4 is 4.90 Å². The van der Waals surface area contributed by atoms with Gasteiger partial charge in [0.2, 0.25) is 0 Å². The highest BCUT2D eigenvalue weighted by molar-refractivity contribution is 6.52. The first-order valence-electron chi connectivity index (χ1n) is 8.10. The fourth-order valence-electron chi connectivity index (χ4n) is 3.48. The van der Waals surface area contributed by atoms with Gasteiger partial charge in [-0.05, 0) is 25.0 Å². The maximum Gasteiger partial charge on any atom is 0.299 e. The van der Waals surface area contributed by atoms with Crippen LogP contribution >= 0.6 is 0 Å². The van der Waals surface area contributed by atoms with Crippen molar-refractivity contribution < 1.29 is 9.59 Å². The molecule has 118 valence electrons. The lowest BCUT2D eigenvalue weighted by Gasteiger charge is -2.21. The predicted molar refractivity (Wildman–Crippen MR) is 84.1 cm³/mol. The Kier molecular flexibility index (Phi) is 3.44. The molecule has 0 unspecified atom stereocenters. The molecule has 1 aromatic carbocycles. The number of fused-ring (bicyclic) bond motifs is 1. The monoisotopic (exact) mass is 310 g/mol. The predicted octanol–water partition coefficient (Wildman–Crippen LogP) is 2.51. The lowest BCUT2D eigenvalue weighted by atomic mass is 9.96. The molecule has 6 nitrogen and oxygen atoms in total. The maximum atomic E-state index is 12.2. The van der Waals surface area contributed by atoms with Gasteiger partial charge >= 0.3 is 0 Å². The molecule has 1 aliphatic heterocycles. The van der Waals surface area contributed by atoms with Gasteiger partial charge in [-0.1, -0.05) is 36.6 Å². The summed E-state index contributed by atoms with van der Waals surface area (Å²) in [6.07, 6.45) is 7.92. The molecule has 0 spiro atoms. The summed E-state index contributed by atoms with van der Waals surface area (Å²) in [4.78, 5) is 25.7. The molecule has 0 atom stereocenters. The van der Waals surface area contributed by atoms with Gasteiger partial charge in [0.15, 0.2) is 0 Å². The average Bonchev–Trinajstić information content (AvgIpc) is 3.16. The summed E-state index contributed by atoms with van der Waals surface area (Å²) in [6, 6.07) is 7.50. The molecular weight excluding hydrogens is 292 g/mol. The normalized spacial score (nSPS) is 18.5. The van der Waals surface area contributed by atoms with E-state index in [1.165, 1.54) is 24.2 Å². The summed E-state index contributed by atoms with van der Waals surface area (Å²) in [7, 11) is 0. The average molecular weight is 310 g/mol. The zero-order valence-corrected chi connectivity index (χ0v) is 12.8. The largest absolute Gasteiger partial charge is 0.299 e. The Labute approximate surface area is 134 Å². The Balaban J connectivity index is 1.56. The van der Waals surface area contributed by atoms with E-state index in [1.54, 1.807) is 18.2 Å². The van der Waals surface area contributed by atoms with Crippen LogP contribution in [0.4, 0.5) is 5.69 Å². The third-order valence-corrected chi connectivity index (χ3v) is 4.71. The van der Waals surface area contributed by atoms with Gasteiger partial charge in [0.1, 0.15) is 5.69 Å². The van der Waals surface area contributed by atoms with Crippen LogP contribution in [0.1, 0.15) is 54.2 Å². The molecule has 2 heterocycles. The SMILES string of the molecule is O=C1C(=O)N(Cc2cn(C3CCCCC3)nn2)c2ccccc21. The Morgan fingerprint density at radius 3 is 2.70 bits per heavy atom.